The fourth-order valence-electron chi connectivity index (χ4n) is 2.69. The third-order valence-electron chi connectivity index (χ3n) is 3.95. The van der Waals surface area contributed by atoms with E-state index in [0.29, 0.717) is 24.1 Å². The van der Waals surface area contributed by atoms with Crippen molar-refractivity contribution in [2.24, 2.45) is 0 Å². The van der Waals surface area contributed by atoms with Gasteiger partial charge >= 0.3 is 0 Å². The Bertz CT molecular complexity index is 744. The highest BCUT2D eigenvalue weighted by atomic mass is 35.5. The summed E-state index contributed by atoms with van der Waals surface area (Å²) in [4.78, 5) is 24.5. The molecule has 1 amide bonds. The van der Waals surface area contributed by atoms with Crippen LogP contribution in [0.2, 0.25) is 5.02 Å². The van der Waals surface area contributed by atoms with Crippen LogP contribution in [0.25, 0.3) is 0 Å². The second-order valence-corrected chi connectivity index (χ2v) is 6.26. The number of benzene rings is 1. The van der Waals surface area contributed by atoms with Crippen molar-refractivity contribution >= 4 is 35.0 Å². The van der Waals surface area contributed by atoms with Crippen molar-refractivity contribution in [3.8, 4) is 0 Å². The molecule has 1 fully saturated rings. The lowest BCUT2D eigenvalue weighted by Gasteiger charge is -2.34. The summed E-state index contributed by atoms with van der Waals surface area (Å²) in [5.74, 6) is 1.53. The van der Waals surface area contributed by atoms with Crippen LogP contribution in [0.4, 0.5) is 17.5 Å². The van der Waals surface area contributed by atoms with E-state index in [9.17, 15) is 4.79 Å². The van der Waals surface area contributed by atoms with Crippen molar-refractivity contribution in [3.05, 3.63) is 41.0 Å². The number of amides is 1. The number of halogens is 1. The first kappa shape index (κ1) is 16.5. The second-order valence-electron chi connectivity index (χ2n) is 5.82. The fourth-order valence-corrected chi connectivity index (χ4v) is 2.88. The molecule has 1 aliphatic rings. The average Bonchev–Trinajstić information content (AvgIpc) is 2.54. The molecule has 1 aromatic carbocycles. The minimum Gasteiger partial charge on any atom is -0.340 e. The maximum Gasteiger partial charge on any atom is 0.227 e. The summed E-state index contributed by atoms with van der Waals surface area (Å²) < 4.78 is 0. The number of nitrogens with zero attached hydrogens (tertiary/aromatic N) is 4. The zero-order valence-electron chi connectivity index (χ0n) is 13.8. The largest absolute Gasteiger partial charge is 0.340 e. The van der Waals surface area contributed by atoms with Crippen LogP contribution in [0.1, 0.15) is 12.6 Å². The van der Waals surface area contributed by atoms with Crippen LogP contribution >= 0.6 is 11.6 Å². The molecule has 0 spiro atoms. The first-order valence-corrected chi connectivity index (χ1v) is 8.28. The van der Waals surface area contributed by atoms with Crippen molar-refractivity contribution in [2.75, 3.05) is 36.4 Å². The highest BCUT2D eigenvalue weighted by Gasteiger charge is 2.21. The van der Waals surface area contributed by atoms with Gasteiger partial charge in [0.1, 0.15) is 5.82 Å². The van der Waals surface area contributed by atoms with E-state index in [0.717, 1.165) is 30.3 Å². The minimum absolute atomic E-state index is 0.114. The van der Waals surface area contributed by atoms with Crippen molar-refractivity contribution in [3.63, 3.8) is 0 Å². The molecule has 0 atom stereocenters. The molecule has 2 heterocycles. The number of hydrogen-bond donors (Lipinski definition) is 1. The fraction of sp³-hybridized carbons (Fsp3) is 0.353. The van der Waals surface area contributed by atoms with Gasteiger partial charge in [0.05, 0.1) is 0 Å². The number of anilines is 3. The maximum atomic E-state index is 11.4. The summed E-state index contributed by atoms with van der Waals surface area (Å²) in [6.45, 7) is 6.42. The van der Waals surface area contributed by atoms with Crippen molar-refractivity contribution in [1.29, 1.82) is 0 Å². The Labute approximate surface area is 146 Å². The van der Waals surface area contributed by atoms with E-state index >= 15 is 0 Å². The van der Waals surface area contributed by atoms with Gasteiger partial charge in [-0.05, 0) is 25.1 Å². The number of carbonyl (C=O) groups is 1. The molecule has 0 saturated carbocycles. The molecule has 1 N–H and O–H groups in total. The summed E-state index contributed by atoms with van der Waals surface area (Å²) in [6.07, 6.45) is 0. The van der Waals surface area contributed by atoms with Crippen LogP contribution in [-0.4, -0.2) is 47.0 Å². The summed E-state index contributed by atoms with van der Waals surface area (Å²) >= 11 is 6.02. The van der Waals surface area contributed by atoms with E-state index in [1.165, 1.54) is 0 Å². The SMILES string of the molecule is CC(=O)N1CCN(c2nc(C)cc(Nc3cccc(Cl)c3)n2)CC1. The summed E-state index contributed by atoms with van der Waals surface area (Å²) in [7, 11) is 0. The van der Waals surface area contributed by atoms with Gasteiger partial charge in [-0.2, -0.15) is 4.98 Å². The normalized spacial score (nSPS) is 14.6. The van der Waals surface area contributed by atoms with Crippen molar-refractivity contribution in [1.82, 2.24) is 14.9 Å². The Morgan fingerprint density at radius 1 is 1.17 bits per heavy atom. The van der Waals surface area contributed by atoms with Gasteiger partial charge in [0.2, 0.25) is 11.9 Å². The number of carbonyl (C=O) groups excluding carboxylic acids is 1. The monoisotopic (exact) mass is 345 g/mol. The topological polar surface area (TPSA) is 61.4 Å². The predicted molar refractivity (Wildman–Crippen MR) is 96.0 cm³/mol. The zero-order valence-corrected chi connectivity index (χ0v) is 14.5. The smallest absolute Gasteiger partial charge is 0.227 e. The maximum absolute atomic E-state index is 11.4. The molecule has 1 aromatic heterocycles. The Morgan fingerprint density at radius 2 is 1.92 bits per heavy atom. The standard InChI is InChI=1S/C17H20ClN5O/c1-12-10-16(20-15-5-3-4-14(18)11-15)21-17(19-12)23-8-6-22(7-9-23)13(2)24/h3-5,10-11H,6-9H2,1-2H3,(H,19,20,21). The highest BCUT2D eigenvalue weighted by molar-refractivity contribution is 6.30. The third-order valence-corrected chi connectivity index (χ3v) is 4.18. The van der Waals surface area contributed by atoms with Gasteiger partial charge in [0.25, 0.3) is 0 Å². The molecule has 0 radical (unpaired) electrons. The number of aromatic nitrogens is 2. The predicted octanol–water partition coefficient (Wildman–Crippen LogP) is 2.85. The molecular weight excluding hydrogens is 326 g/mol. The number of piperazine rings is 1. The zero-order chi connectivity index (χ0) is 17.1. The number of rotatable bonds is 3. The lowest BCUT2D eigenvalue weighted by Crippen LogP contribution is -2.48. The molecule has 1 aliphatic heterocycles. The van der Waals surface area contributed by atoms with Crippen LogP contribution in [0.15, 0.2) is 30.3 Å². The first-order chi connectivity index (χ1) is 11.5. The van der Waals surface area contributed by atoms with Gasteiger partial charge in [-0.1, -0.05) is 17.7 Å². The van der Waals surface area contributed by atoms with E-state index < -0.39 is 0 Å². The van der Waals surface area contributed by atoms with Gasteiger partial charge < -0.3 is 15.1 Å². The Kier molecular flexibility index (Phi) is 4.85. The Morgan fingerprint density at radius 3 is 2.58 bits per heavy atom. The van der Waals surface area contributed by atoms with Gasteiger partial charge in [0.15, 0.2) is 0 Å². The Hall–Kier alpha value is -2.34. The molecule has 6 nitrogen and oxygen atoms in total. The number of nitrogens with one attached hydrogen (secondary N) is 1. The van der Waals surface area contributed by atoms with E-state index in [2.05, 4.69) is 20.2 Å². The lowest BCUT2D eigenvalue weighted by molar-refractivity contribution is -0.129. The lowest BCUT2D eigenvalue weighted by atomic mass is 10.3. The molecule has 7 heteroatoms. The molecule has 0 unspecified atom stereocenters. The van der Waals surface area contributed by atoms with E-state index in [1.807, 2.05) is 42.2 Å². The average molecular weight is 346 g/mol. The molecule has 1 saturated heterocycles. The van der Waals surface area contributed by atoms with Gasteiger partial charge in [-0.15, -0.1) is 0 Å². The number of hydrogen-bond acceptors (Lipinski definition) is 5. The number of aryl methyl sites for hydroxylation is 1. The van der Waals surface area contributed by atoms with Gasteiger partial charge in [-0.3, -0.25) is 4.79 Å². The summed E-state index contributed by atoms with van der Waals surface area (Å²) in [5, 5.41) is 3.94. The van der Waals surface area contributed by atoms with Crippen molar-refractivity contribution < 1.29 is 4.79 Å². The quantitative estimate of drug-likeness (QED) is 0.926. The molecule has 0 aliphatic carbocycles. The second kappa shape index (κ2) is 7.05. The highest BCUT2D eigenvalue weighted by Crippen LogP contribution is 2.21. The third kappa shape index (κ3) is 3.94. The molecular formula is C17H20ClN5O. The van der Waals surface area contributed by atoms with Crippen molar-refractivity contribution in [2.45, 2.75) is 13.8 Å². The molecule has 126 valence electrons. The Balaban J connectivity index is 1.76. The van der Waals surface area contributed by atoms with E-state index in [-0.39, 0.29) is 5.91 Å². The van der Waals surface area contributed by atoms with Crippen LogP contribution in [-0.2, 0) is 4.79 Å². The van der Waals surface area contributed by atoms with Crippen LogP contribution < -0.4 is 10.2 Å². The molecule has 24 heavy (non-hydrogen) atoms. The summed E-state index contributed by atoms with van der Waals surface area (Å²) in [5.41, 5.74) is 1.77. The summed E-state index contributed by atoms with van der Waals surface area (Å²) in [6, 6.07) is 9.41. The molecule has 0 bridgehead atoms. The van der Waals surface area contributed by atoms with Crippen LogP contribution in [0.3, 0.4) is 0 Å². The van der Waals surface area contributed by atoms with Crippen LogP contribution in [0, 0.1) is 6.92 Å². The van der Waals surface area contributed by atoms with E-state index in [1.54, 1.807) is 6.92 Å². The van der Waals surface area contributed by atoms with Crippen LogP contribution in [0.5, 0.6) is 0 Å². The molecule has 2 aromatic rings. The molecule has 3 rings (SSSR count). The minimum atomic E-state index is 0.114. The first-order valence-electron chi connectivity index (χ1n) is 7.90. The van der Waals surface area contributed by atoms with Gasteiger partial charge in [0, 0.05) is 55.6 Å². The van der Waals surface area contributed by atoms with Gasteiger partial charge in [-0.25, -0.2) is 4.98 Å². The van der Waals surface area contributed by atoms with E-state index in [4.69, 9.17) is 11.6 Å².